The maximum absolute atomic E-state index is 6.03. The molecule has 4 heteroatoms. The zero-order valence-corrected chi connectivity index (χ0v) is 11.8. The Morgan fingerprint density at radius 2 is 2.17 bits per heavy atom. The van der Waals surface area contributed by atoms with E-state index in [-0.39, 0.29) is 0 Å². The first-order valence-electron chi connectivity index (χ1n) is 6.06. The Bertz CT molecular complexity index is 546. The van der Waals surface area contributed by atoms with Gasteiger partial charge in [0.25, 0.3) is 0 Å². The Hall–Kier alpha value is -1.32. The molecule has 0 bridgehead atoms. The lowest BCUT2D eigenvalue weighted by Crippen LogP contribution is -2.13. The fourth-order valence-corrected chi connectivity index (χ4v) is 2.34. The van der Waals surface area contributed by atoms with Crippen molar-refractivity contribution in [1.29, 1.82) is 0 Å². The molecule has 0 amide bonds. The van der Waals surface area contributed by atoms with Crippen molar-refractivity contribution in [3.63, 3.8) is 0 Å². The third kappa shape index (κ3) is 2.57. The molecule has 0 spiro atoms. The third-order valence-corrected chi connectivity index (χ3v) is 3.34. The Morgan fingerprint density at radius 1 is 1.39 bits per heavy atom. The van der Waals surface area contributed by atoms with E-state index in [0.29, 0.717) is 0 Å². The van der Waals surface area contributed by atoms with Gasteiger partial charge in [-0.15, -0.1) is 0 Å². The molecule has 1 heterocycles. The number of likely N-dealkylation sites (N-methyl/N-ethyl adjacent to an activating group) is 1. The highest BCUT2D eigenvalue weighted by molar-refractivity contribution is 6.30. The standard InChI is InChI=1S/C14H18ClN3/c1-10-13(7-8-16-2)18(3)14(17-10)11-5-4-6-12(15)9-11/h4-6,9,16H,7-8H2,1-3H3. The van der Waals surface area contributed by atoms with E-state index in [0.717, 1.165) is 35.1 Å². The molecule has 18 heavy (non-hydrogen) atoms. The number of hydrogen-bond donors (Lipinski definition) is 1. The van der Waals surface area contributed by atoms with Crippen LogP contribution in [0.2, 0.25) is 5.02 Å². The minimum atomic E-state index is 0.741. The van der Waals surface area contributed by atoms with Gasteiger partial charge in [-0.3, -0.25) is 0 Å². The molecule has 1 N–H and O–H groups in total. The molecule has 2 aromatic rings. The van der Waals surface area contributed by atoms with Gasteiger partial charge in [0.2, 0.25) is 0 Å². The summed E-state index contributed by atoms with van der Waals surface area (Å²) in [6.45, 7) is 3.01. The molecule has 96 valence electrons. The quantitative estimate of drug-likeness (QED) is 0.919. The first-order chi connectivity index (χ1) is 8.63. The summed E-state index contributed by atoms with van der Waals surface area (Å²) in [5.74, 6) is 0.973. The van der Waals surface area contributed by atoms with Crippen LogP contribution in [0, 0.1) is 6.92 Å². The average Bonchev–Trinajstić information content (AvgIpc) is 2.63. The topological polar surface area (TPSA) is 29.9 Å². The van der Waals surface area contributed by atoms with Crippen molar-refractivity contribution < 1.29 is 0 Å². The van der Waals surface area contributed by atoms with Crippen LogP contribution in [0.4, 0.5) is 0 Å². The second-order valence-electron chi connectivity index (χ2n) is 4.39. The van der Waals surface area contributed by atoms with Gasteiger partial charge < -0.3 is 9.88 Å². The van der Waals surface area contributed by atoms with Gasteiger partial charge in [-0.25, -0.2) is 4.98 Å². The maximum Gasteiger partial charge on any atom is 0.140 e. The molecule has 3 nitrogen and oxygen atoms in total. The van der Waals surface area contributed by atoms with Crippen molar-refractivity contribution in [2.24, 2.45) is 7.05 Å². The summed E-state index contributed by atoms with van der Waals surface area (Å²) >= 11 is 6.03. The molecule has 0 unspecified atom stereocenters. The number of aryl methyl sites for hydroxylation is 1. The van der Waals surface area contributed by atoms with E-state index in [1.165, 1.54) is 5.69 Å². The van der Waals surface area contributed by atoms with E-state index in [2.05, 4.69) is 28.8 Å². The normalized spacial score (nSPS) is 10.9. The Labute approximate surface area is 113 Å². The van der Waals surface area contributed by atoms with Crippen molar-refractivity contribution in [2.45, 2.75) is 13.3 Å². The highest BCUT2D eigenvalue weighted by Gasteiger charge is 2.12. The summed E-state index contributed by atoms with van der Waals surface area (Å²) < 4.78 is 2.15. The smallest absolute Gasteiger partial charge is 0.140 e. The zero-order chi connectivity index (χ0) is 13.1. The van der Waals surface area contributed by atoms with E-state index < -0.39 is 0 Å². The molecular weight excluding hydrogens is 246 g/mol. The van der Waals surface area contributed by atoms with Gasteiger partial charge in [-0.05, 0) is 26.1 Å². The molecule has 0 radical (unpaired) electrons. The van der Waals surface area contributed by atoms with Crippen LogP contribution in [0.15, 0.2) is 24.3 Å². The molecule has 0 fully saturated rings. The zero-order valence-electron chi connectivity index (χ0n) is 11.0. The summed E-state index contributed by atoms with van der Waals surface area (Å²) in [6, 6.07) is 7.82. The van der Waals surface area contributed by atoms with Crippen LogP contribution >= 0.6 is 11.6 Å². The van der Waals surface area contributed by atoms with Crippen molar-refractivity contribution in [3.05, 3.63) is 40.7 Å². The first-order valence-corrected chi connectivity index (χ1v) is 6.44. The second-order valence-corrected chi connectivity index (χ2v) is 4.83. The fourth-order valence-electron chi connectivity index (χ4n) is 2.15. The molecule has 0 aliphatic carbocycles. The van der Waals surface area contributed by atoms with Crippen molar-refractivity contribution in [3.8, 4) is 11.4 Å². The predicted octanol–water partition coefficient (Wildman–Crippen LogP) is 2.81. The van der Waals surface area contributed by atoms with Gasteiger partial charge in [0, 0.05) is 36.3 Å². The molecule has 0 aliphatic heterocycles. The summed E-state index contributed by atoms with van der Waals surface area (Å²) in [6.07, 6.45) is 0.979. The Morgan fingerprint density at radius 3 is 2.83 bits per heavy atom. The second kappa shape index (κ2) is 5.55. The lowest BCUT2D eigenvalue weighted by atomic mass is 10.2. The SMILES string of the molecule is CNCCc1c(C)nc(-c2cccc(Cl)c2)n1C. The number of nitrogens with zero attached hydrogens (tertiary/aromatic N) is 2. The Kier molecular flexibility index (Phi) is 4.04. The maximum atomic E-state index is 6.03. The molecule has 0 atom stereocenters. The van der Waals surface area contributed by atoms with Gasteiger partial charge in [-0.2, -0.15) is 0 Å². The largest absolute Gasteiger partial charge is 0.331 e. The lowest BCUT2D eigenvalue weighted by molar-refractivity contribution is 0.736. The molecule has 0 saturated heterocycles. The average molecular weight is 264 g/mol. The third-order valence-electron chi connectivity index (χ3n) is 3.11. The molecule has 0 aliphatic rings. The number of nitrogens with one attached hydrogen (secondary N) is 1. The van der Waals surface area contributed by atoms with Crippen LogP contribution in [0.3, 0.4) is 0 Å². The summed E-state index contributed by atoms with van der Waals surface area (Å²) in [7, 11) is 4.02. The number of benzene rings is 1. The molecule has 0 saturated carbocycles. The van der Waals surface area contributed by atoms with Crippen molar-refractivity contribution in [2.75, 3.05) is 13.6 Å². The van der Waals surface area contributed by atoms with E-state index in [1.54, 1.807) is 0 Å². The molecule has 1 aromatic carbocycles. The lowest BCUT2D eigenvalue weighted by Gasteiger charge is -2.06. The van der Waals surface area contributed by atoms with E-state index in [1.807, 2.05) is 31.3 Å². The minimum absolute atomic E-state index is 0.741. The van der Waals surface area contributed by atoms with E-state index in [4.69, 9.17) is 11.6 Å². The summed E-state index contributed by atoms with van der Waals surface area (Å²) in [5, 5.41) is 3.91. The van der Waals surface area contributed by atoms with Crippen LogP contribution in [0.1, 0.15) is 11.4 Å². The number of hydrogen-bond acceptors (Lipinski definition) is 2. The van der Waals surface area contributed by atoms with Crippen LogP contribution < -0.4 is 5.32 Å². The van der Waals surface area contributed by atoms with Crippen LogP contribution in [0.25, 0.3) is 11.4 Å². The number of aromatic nitrogens is 2. The molecule has 2 rings (SSSR count). The van der Waals surface area contributed by atoms with Crippen LogP contribution in [-0.2, 0) is 13.5 Å². The van der Waals surface area contributed by atoms with E-state index in [9.17, 15) is 0 Å². The minimum Gasteiger partial charge on any atom is -0.331 e. The van der Waals surface area contributed by atoms with Gasteiger partial charge in [0.05, 0.1) is 5.69 Å². The van der Waals surface area contributed by atoms with Gasteiger partial charge in [0.15, 0.2) is 0 Å². The summed E-state index contributed by atoms with van der Waals surface area (Å²) in [5.41, 5.74) is 3.41. The van der Waals surface area contributed by atoms with Gasteiger partial charge in [-0.1, -0.05) is 23.7 Å². The number of halogens is 1. The molecule has 1 aromatic heterocycles. The highest BCUT2D eigenvalue weighted by atomic mass is 35.5. The van der Waals surface area contributed by atoms with Crippen molar-refractivity contribution in [1.82, 2.24) is 14.9 Å². The van der Waals surface area contributed by atoms with Gasteiger partial charge in [0.1, 0.15) is 5.82 Å². The fraction of sp³-hybridized carbons (Fsp3) is 0.357. The first kappa shape index (κ1) is 13.1. The molecular formula is C14H18ClN3. The van der Waals surface area contributed by atoms with Crippen LogP contribution in [-0.4, -0.2) is 23.1 Å². The Balaban J connectivity index is 2.40. The highest BCUT2D eigenvalue weighted by Crippen LogP contribution is 2.24. The number of imidazole rings is 1. The number of rotatable bonds is 4. The van der Waals surface area contributed by atoms with Crippen molar-refractivity contribution >= 4 is 11.6 Å². The van der Waals surface area contributed by atoms with Crippen LogP contribution in [0.5, 0.6) is 0 Å². The van der Waals surface area contributed by atoms with Gasteiger partial charge >= 0.3 is 0 Å². The summed E-state index contributed by atoms with van der Waals surface area (Å²) in [4.78, 5) is 4.65. The van der Waals surface area contributed by atoms with E-state index >= 15 is 0 Å². The predicted molar refractivity (Wildman–Crippen MR) is 76.0 cm³/mol. The monoisotopic (exact) mass is 263 g/mol.